The Balaban J connectivity index is 0.000000453. The molecule has 0 N–H and O–H groups in total. The average Bonchev–Trinajstić information content (AvgIpc) is 3.38. The summed E-state index contributed by atoms with van der Waals surface area (Å²) < 4.78 is 4.23. The van der Waals surface area contributed by atoms with E-state index < -0.39 is 0 Å². The molecule has 30 heavy (non-hydrogen) atoms. The summed E-state index contributed by atoms with van der Waals surface area (Å²) in [6.45, 7) is 22.6. The normalized spacial score (nSPS) is 9.47. The third-order valence-corrected chi connectivity index (χ3v) is 4.13. The number of hydrogen-bond donors (Lipinski definition) is 0. The summed E-state index contributed by atoms with van der Waals surface area (Å²) in [7, 11) is 0. The highest BCUT2D eigenvalue weighted by Crippen LogP contribution is 2.17. The van der Waals surface area contributed by atoms with Crippen LogP contribution in [-0.4, -0.2) is 18.8 Å². The molecule has 0 atom stereocenters. The molecule has 0 spiro atoms. The van der Waals surface area contributed by atoms with Crippen LogP contribution in [0.15, 0.2) is 49.1 Å². The molecule has 4 heterocycles. The van der Waals surface area contributed by atoms with Crippen LogP contribution in [0.2, 0.25) is 0 Å². The van der Waals surface area contributed by atoms with Crippen LogP contribution in [0.3, 0.4) is 0 Å². The fraction of sp³-hybridized carbons (Fsp3) is 0.462. The highest BCUT2D eigenvalue weighted by molar-refractivity contribution is 5.44. The molecule has 4 heteroatoms. The van der Waals surface area contributed by atoms with Gasteiger partial charge in [-0.25, -0.2) is 9.97 Å². The van der Waals surface area contributed by atoms with Gasteiger partial charge in [0.15, 0.2) is 0 Å². The molecule has 0 amide bonds. The van der Waals surface area contributed by atoms with Gasteiger partial charge in [-0.2, -0.15) is 0 Å². The van der Waals surface area contributed by atoms with Crippen molar-refractivity contribution in [2.75, 3.05) is 0 Å². The molecule has 4 aromatic heterocycles. The molecule has 0 bridgehead atoms. The summed E-state index contributed by atoms with van der Waals surface area (Å²) >= 11 is 0. The molecule has 4 nitrogen and oxygen atoms in total. The Morgan fingerprint density at radius 2 is 1.27 bits per heavy atom. The first-order chi connectivity index (χ1) is 14.5. The zero-order valence-corrected chi connectivity index (χ0v) is 21.0. The predicted molar refractivity (Wildman–Crippen MR) is 133 cm³/mol. The molecule has 0 saturated carbocycles. The van der Waals surface area contributed by atoms with Crippen molar-refractivity contribution >= 4 is 11.3 Å². The lowest BCUT2D eigenvalue weighted by Crippen LogP contribution is -1.98. The number of aryl methyl sites for hydroxylation is 3. The number of pyridine rings is 2. The first kappa shape index (κ1) is 27.4. The van der Waals surface area contributed by atoms with Gasteiger partial charge in [0.2, 0.25) is 0 Å². The molecule has 0 radical (unpaired) electrons. The SMILES string of the molecule is CC.CC.CC.Cc1cc(C(C)C)n2ccnc2c1.Cc1ccn2c(C)cnc2c1. The second-order valence-corrected chi connectivity index (χ2v) is 6.60. The summed E-state index contributed by atoms with van der Waals surface area (Å²) in [5, 5.41) is 0. The van der Waals surface area contributed by atoms with Crippen molar-refractivity contribution in [3.8, 4) is 0 Å². The fourth-order valence-electron chi connectivity index (χ4n) is 2.84. The number of fused-ring (bicyclic) bond motifs is 2. The van der Waals surface area contributed by atoms with Crippen molar-refractivity contribution in [2.45, 2.75) is 82.1 Å². The van der Waals surface area contributed by atoms with Gasteiger partial charge in [-0.05, 0) is 62.1 Å². The van der Waals surface area contributed by atoms with E-state index in [-0.39, 0.29) is 0 Å². The van der Waals surface area contributed by atoms with Gasteiger partial charge in [-0.3, -0.25) is 0 Å². The van der Waals surface area contributed by atoms with Crippen LogP contribution in [0.25, 0.3) is 11.3 Å². The van der Waals surface area contributed by atoms with E-state index in [0.717, 1.165) is 11.3 Å². The monoisotopic (exact) mass is 410 g/mol. The molecule has 0 aromatic carbocycles. The maximum absolute atomic E-state index is 4.29. The Hall–Kier alpha value is -2.62. The quantitative estimate of drug-likeness (QED) is 0.321. The summed E-state index contributed by atoms with van der Waals surface area (Å²) in [5.74, 6) is 0.539. The summed E-state index contributed by atoms with van der Waals surface area (Å²) in [6, 6.07) is 8.49. The first-order valence-corrected chi connectivity index (χ1v) is 11.3. The van der Waals surface area contributed by atoms with Crippen molar-refractivity contribution in [3.05, 3.63) is 71.6 Å². The van der Waals surface area contributed by atoms with E-state index in [9.17, 15) is 0 Å². The van der Waals surface area contributed by atoms with E-state index >= 15 is 0 Å². The van der Waals surface area contributed by atoms with Crippen LogP contribution in [0, 0.1) is 20.8 Å². The lowest BCUT2D eigenvalue weighted by Gasteiger charge is -2.09. The van der Waals surface area contributed by atoms with Gasteiger partial charge in [-0.1, -0.05) is 55.4 Å². The molecular weight excluding hydrogens is 368 g/mol. The van der Waals surface area contributed by atoms with Crippen molar-refractivity contribution in [1.29, 1.82) is 0 Å². The number of hydrogen-bond acceptors (Lipinski definition) is 2. The first-order valence-electron chi connectivity index (χ1n) is 11.3. The highest BCUT2D eigenvalue weighted by atomic mass is 15.0. The molecule has 166 valence electrons. The third kappa shape index (κ3) is 7.33. The second kappa shape index (κ2) is 14.4. The van der Waals surface area contributed by atoms with Gasteiger partial charge in [0, 0.05) is 36.2 Å². The van der Waals surface area contributed by atoms with Gasteiger partial charge in [0.1, 0.15) is 11.3 Å². The Morgan fingerprint density at radius 1 is 0.700 bits per heavy atom. The Kier molecular flexibility index (Phi) is 13.1. The maximum Gasteiger partial charge on any atom is 0.137 e. The Bertz CT molecular complexity index is 977. The summed E-state index contributed by atoms with van der Waals surface area (Å²) in [6.07, 6.45) is 7.80. The average molecular weight is 411 g/mol. The number of aromatic nitrogens is 4. The lowest BCUT2D eigenvalue weighted by atomic mass is 10.1. The summed E-state index contributed by atoms with van der Waals surface area (Å²) in [4.78, 5) is 8.53. The molecule has 0 unspecified atom stereocenters. The minimum absolute atomic E-state index is 0.539. The second-order valence-electron chi connectivity index (χ2n) is 6.60. The van der Waals surface area contributed by atoms with E-state index in [1.54, 1.807) is 0 Å². The maximum atomic E-state index is 4.29. The van der Waals surface area contributed by atoms with Crippen LogP contribution >= 0.6 is 0 Å². The summed E-state index contributed by atoms with van der Waals surface area (Å²) in [5.41, 5.74) is 7.12. The topological polar surface area (TPSA) is 34.6 Å². The van der Waals surface area contributed by atoms with Crippen LogP contribution in [0.5, 0.6) is 0 Å². The van der Waals surface area contributed by atoms with Gasteiger partial charge in [0.05, 0.1) is 0 Å². The van der Waals surface area contributed by atoms with Gasteiger partial charge < -0.3 is 8.80 Å². The van der Waals surface area contributed by atoms with Gasteiger partial charge in [-0.15, -0.1) is 0 Å². The van der Waals surface area contributed by atoms with Gasteiger partial charge in [0.25, 0.3) is 0 Å². The van der Waals surface area contributed by atoms with Crippen molar-refractivity contribution in [3.63, 3.8) is 0 Å². The van der Waals surface area contributed by atoms with E-state index in [0.29, 0.717) is 5.92 Å². The molecule has 0 aliphatic carbocycles. The molecule has 4 rings (SSSR count). The zero-order chi connectivity index (χ0) is 23.3. The standard InChI is InChI=1S/C11H14N2.C9H10N2.3C2H6/c1-8(2)10-6-9(3)7-11-12-4-5-13(10)11;1-7-3-4-11-8(2)6-10-9(11)5-7;3*1-2/h4-8H,1-3H3;3-6H,1-2H3;3*1-2H3. The number of imidazole rings is 2. The largest absolute Gasteiger partial charge is 0.304 e. The minimum Gasteiger partial charge on any atom is -0.304 e. The Morgan fingerprint density at radius 3 is 1.87 bits per heavy atom. The van der Waals surface area contributed by atoms with Crippen molar-refractivity contribution in [2.24, 2.45) is 0 Å². The number of rotatable bonds is 1. The molecule has 0 fully saturated rings. The van der Waals surface area contributed by atoms with Crippen molar-refractivity contribution < 1.29 is 0 Å². The van der Waals surface area contributed by atoms with E-state index in [1.807, 2.05) is 66.3 Å². The Labute approximate surface area is 184 Å². The number of nitrogens with zero attached hydrogens (tertiary/aromatic N) is 4. The third-order valence-electron chi connectivity index (χ3n) is 4.13. The van der Waals surface area contributed by atoms with Crippen LogP contribution in [0.1, 0.15) is 83.8 Å². The highest BCUT2D eigenvalue weighted by Gasteiger charge is 2.05. The van der Waals surface area contributed by atoms with Gasteiger partial charge >= 0.3 is 0 Å². The molecule has 0 aliphatic heterocycles. The zero-order valence-electron chi connectivity index (χ0n) is 21.0. The van der Waals surface area contributed by atoms with E-state index in [4.69, 9.17) is 0 Å². The minimum atomic E-state index is 0.539. The molecule has 4 aromatic rings. The fourth-order valence-corrected chi connectivity index (χ4v) is 2.84. The van der Waals surface area contributed by atoms with E-state index in [2.05, 4.69) is 77.7 Å². The van der Waals surface area contributed by atoms with E-state index in [1.165, 1.54) is 22.5 Å². The smallest absolute Gasteiger partial charge is 0.137 e. The van der Waals surface area contributed by atoms with Crippen LogP contribution in [-0.2, 0) is 0 Å². The van der Waals surface area contributed by atoms with Crippen molar-refractivity contribution in [1.82, 2.24) is 18.8 Å². The predicted octanol–water partition coefficient (Wildman–Crippen LogP) is 7.80. The van der Waals surface area contributed by atoms with Crippen LogP contribution < -0.4 is 0 Å². The molecule has 0 saturated heterocycles. The lowest BCUT2D eigenvalue weighted by molar-refractivity contribution is 0.799. The molecule has 0 aliphatic rings. The van der Waals surface area contributed by atoms with Crippen LogP contribution in [0.4, 0.5) is 0 Å². The molecular formula is C26H42N4.